The van der Waals surface area contributed by atoms with Gasteiger partial charge in [0.2, 0.25) is 0 Å². The van der Waals surface area contributed by atoms with Crippen molar-refractivity contribution >= 4 is 34.6 Å². The number of carbonyl (C=O) groups excluding carboxylic acids is 1. The Kier molecular flexibility index (Phi) is 6.09. The van der Waals surface area contributed by atoms with Crippen molar-refractivity contribution in [3.63, 3.8) is 0 Å². The molecule has 0 aromatic heterocycles. The van der Waals surface area contributed by atoms with E-state index in [0.717, 1.165) is 11.3 Å². The molecule has 0 radical (unpaired) electrons. The maximum absolute atomic E-state index is 12.9. The molecule has 1 heterocycles. The van der Waals surface area contributed by atoms with Gasteiger partial charge < -0.3 is 9.84 Å². The summed E-state index contributed by atoms with van der Waals surface area (Å²) in [5.41, 5.74) is 1.72. The van der Waals surface area contributed by atoms with Gasteiger partial charge >= 0.3 is 0 Å². The predicted octanol–water partition coefficient (Wildman–Crippen LogP) is 3.55. The number of aliphatic hydroxyl groups is 1. The van der Waals surface area contributed by atoms with Crippen molar-refractivity contribution in [2.75, 3.05) is 24.7 Å². The zero-order valence-electron chi connectivity index (χ0n) is 14.5. The number of amides is 1. The summed E-state index contributed by atoms with van der Waals surface area (Å²) in [4.78, 5) is 19.7. The molecule has 0 aliphatic carbocycles. The van der Waals surface area contributed by atoms with Gasteiger partial charge in [-0.3, -0.25) is 14.7 Å². The van der Waals surface area contributed by atoms with Gasteiger partial charge in [0.25, 0.3) is 5.91 Å². The molecule has 3 rings (SSSR count). The fraction of sp³-hybridized carbons (Fsp3) is 0.200. The second kappa shape index (κ2) is 8.69. The van der Waals surface area contributed by atoms with Gasteiger partial charge in [-0.1, -0.05) is 30.3 Å². The number of para-hydroxylation sites is 1. The number of aliphatic hydroxyl groups excluding tert-OH is 1. The van der Waals surface area contributed by atoms with E-state index in [1.54, 1.807) is 4.90 Å². The number of thioether (sulfide) groups is 1. The van der Waals surface area contributed by atoms with Crippen molar-refractivity contribution < 1.29 is 14.6 Å². The van der Waals surface area contributed by atoms with Crippen LogP contribution in [0.2, 0.25) is 0 Å². The van der Waals surface area contributed by atoms with Gasteiger partial charge in [-0.25, -0.2) is 0 Å². The zero-order chi connectivity index (χ0) is 18.4. The summed E-state index contributed by atoms with van der Waals surface area (Å²) < 4.78 is 5.35. The van der Waals surface area contributed by atoms with Gasteiger partial charge in [-0.05, 0) is 54.6 Å². The molecular formula is C20H20N2O3S. The Hall–Kier alpha value is -2.57. The number of benzene rings is 2. The number of rotatable bonds is 6. The Morgan fingerprint density at radius 2 is 1.88 bits per heavy atom. The summed E-state index contributed by atoms with van der Waals surface area (Å²) in [6.07, 6.45) is 1.86. The van der Waals surface area contributed by atoms with Crippen molar-refractivity contribution in [1.82, 2.24) is 0 Å². The Labute approximate surface area is 157 Å². The number of hydrogen-bond acceptors (Lipinski definition) is 5. The van der Waals surface area contributed by atoms with E-state index in [-0.39, 0.29) is 19.1 Å². The lowest BCUT2D eigenvalue weighted by Crippen LogP contribution is -2.28. The molecule has 0 spiro atoms. The Balaban J connectivity index is 1.85. The minimum Gasteiger partial charge on any atom is -0.491 e. The summed E-state index contributed by atoms with van der Waals surface area (Å²) in [5.74, 6) is 0.611. The van der Waals surface area contributed by atoms with Crippen LogP contribution in [0, 0.1) is 0 Å². The lowest BCUT2D eigenvalue weighted by atomic mass is 10.2. The van der Waals surface area contributed by atoms with Crippen molar-refractivity contribution in [3.05, 3.63) is 65.1 Å². The summed E-state index contributed by atoms with van der Waals surface area (Å²) in [5, 5.41) is 9.49. The standard InChI is InChI=1S/C20H20N2O3S/c1-2-21-20-22(16-6-4-3-5-7-16)19(24)18(26-20)14-15-8-10-17(11-9-15)25-13-12-23/h3-11,14,23H,2,12-13H2,1H3/b18-14-,21-20?. The molecule has 0 saturated carbocycles. The first-order valence-electron chi connectivity index (χ1n) is 8.40. The zero-order valence-corrected chi connectivity index (χ0v) is 15.3. The highest BCUT2D eigenvalue weighted by atomic mass is 32.2. The van der Waals surface area contributed by atoms with Crippen LogP contribution in [0.4, 0.5) is 5.69 Å². The van der Waals surface area contributed by atoms with E-state index in [9.17, 15) is 4.79 Å². The van der Waals surface area contributed by atoms with Gasteiger partial charge in [0.05, 0.1) is 17.2 Å². The second-order valence-electron chi connectivity index (χ2n) is 5.48. The third-order valence-corrected chi connectivity index (χ3v) is 4.66. The number of anilines is 1. The number of hydrogen-bond donors (Lipinski definition) is 1. The van der Waals surface area contributed by atoms with E-state index in [0.29, 0.717) is 22.4 Å². The molecule has 1 fully saturated rings. The van der Waals surface area contributed by atoms with Gasteiger partial charge in [-0.15, -0.1) is 0 Å². The molecule has 0 unspecified atom stereocenters. The first kappa shape index (κ1) is 18.2. The van der Waals surface area contributed by atoms with Crippen molar-refractivity contribution in [2.24, 2.45) is 4.99 Å². The molecule has 2 aromatic rings. The number of aliphatic imine (C=N–C) groups is 1. The van der Waals surface area contributed by atoms with E-state index in [2.05, 4.69) is 4.99 Å². The fourth-order valence-electron chi connectivity index (χ4n) is 2.49. The lowest BCUT2D eigenvalue weighted by molar-refractivity contribution is -0.113. The van der Waals surface area contributed by atoms with E-state index >= 15 is 0 Å². The van der Waals surface area contributed by atoms with Crippen LogP contribution in [0.5, 0.6) is 5.75 Å². The smallest absolute Gasteiger partial charge is 0.271 e. The Morgan fingerprint density at radius 1 is 1.15 bits per heavy atom. The molecule has 5 nitrogen and oxygen atoms in total. The van der Waals surface area contributed by atoms with Crippen LogP contribution >= 0.6 is 11.8 Å². The molecule has 1 N–H and O–H groups in total. The van der Waals surface area contributed by atoms with E-state index in [4.69, 9.17) is 9.84 Å². The van der Waals surface area contributed by atoms with E-state index in [1.165, 1.54) is 11.8 Å². The number of amidine groups is 1. The molecule has 0 atom stereocenters. The Bertz CT molecular complexity index is 817. The molecule has 1 amide bonds. The molecule has 2 aromatic carbocycles. The summed E-state index contributed by atoms with van der Waals surface area (Å²) in [6.45, 7) is 2.81. The maximum Gasteiger partial charge on any atom is 0.271 e. The number of carbonyl (C=O) groups is 1. The number of ether oxygens (including phenoxy) is 1. The molecule has 6 heteroatoms. The predicted molar refractivity (Wildman–Crippen MR) is 106 cm³/mol. The minimum absolute atomic E-state index is 0.0220. The summed E-state index contributed by atoms with van der Waals surface area (Å²) in [7, 11) is 0. The largest absolute Gasteiger partial charge is 0.491 e. The van der Waals surface area contributed by atoms with Crippen LogP contribution in [-0.4, -0.2) is 35.9 Å². The first-order chi connectivity index (χ1) is 12.7. The molecule has 1 aliphatic rings. The Morgan fingerprint density at radius 3 is 2.54 bits per heavy atom. The normalized spacial score (nSPS) is 17.3. The van der Waals surface area contributed by atoms with Crippen LogP contribution in [0.15, 0.2) is 64.5 Å². The second-order valence-corrected chi connectivity index (χ2v) is 6.49. The van der Waals surface area contributed by atoms with Gasteiger partial charge in [0.15, 0.2) is 5.17 Å². The van der Waals surface area contributed by atoms with Crippen LogP contribution in [0.1, 0.15) is 12.5 Å². The highest BCUT2D eigenvalue weighted by Crippen LogP contribution is 2.36. The monoisotopic (exact) mass is 368 g/mol. The average molecular weight is 368 g/mol. The van der Waals surface area contributed by atoms with Crippen LogP contribution in [0.25, 0.3) is 6.08 Å². The van der Waals surface area contributed by atoms with Crippen LogP contribution in [-0.2, 0) is 4.79 Å². The molecule has 1 aliphatic heterocycles. The van der Waals surface area contributed by atoms with Gasteiger partial charge in [0, 0.05) is 6.54 Å². The fourth-order valence-corrected chi connectivity index (χ4v) is 3.54. The van der Waals surface area contributed by atoms with Crippen LogP contribution in [0.3, 0.4) is 0 Å². The number of nitrogens with zero attached hydrogens (tertiary/aromatic N) is 2. The lowest BCUT2D eigenvalue weighted by Gasteiger charge is -2.15. The quantitative estimate of drug-likeness (QED) is 0.792. The van der Waals surface area contributed by atoms with Crippen LogP contribution < -0.4 is 9.64 Å². The third kappa shape index (κ3) is 4.15. The first-order valence-corrected chi connectivity index (χ1v) is 9.22. The molecule has 1 saturated heterocycles. The summed E-state index contributed by atoms with van der Waals surface area (Å²) >= 11 is 1.38. The topological polar surface area (TPSA) is 62.1 Å². The van der Waals surface area contributed by atoms with Crippen molar-refractivity contribution in [3.8, 4) is 5.75 Å². The van der Waals surface area contributed by atoms with E-state index in [1.807, 2.05) is 67.6 Å². The molecule has 26 heavy (non-hydrogen) atoms. The summed E-state index contributed by atoms with van der Waals surface area (Å²) in [6, 6.07) is 17.0. The minimum atomic E-state index is -0.0750. The van der Waals surface area contributed by atoms with E-state index < -0.39 is 0 Å². The molecule has 134 valence electrons. The SMILES string of the molecule is CCN=C1S/C(=C\c2ccc(OCCO)cc2)C(=O)N1c1ccccc1. The average Bonchev–Trinajstić information content (AvgIpc) is 2.97. The molecular weight excluding hydrogens is 348 g/mol. The maximum atomic E-state index is 12.9. The van der Waals surface area contributed by atoms with Crippen molar-refractivity contribution in [2.45, 2.75) is 6.92 Å². The molecule has 0 bridgehead atoms. The third-order valence-electron chi connectivity index (χ3n) is 3.65. The highest BCUT2D eigenvalue weighted by Gasteiger charge is 2.34. The highest BCUT2D eigenvalue weighted by molar-refractivity contribution is 8.19. The van der Waals surface area contributed by atoms with Crippen molar-refractivity contribution in [1.29, 1.82) is 0 Å². The van der Waals surface area contributed by atoms with Gasteiger partial charge in [0.1, 0.15) is 12.4 Å². The van der Waals surface area contributed by atoms with Gasteiger partial charge in [-0.2, -0.15) is 0 Å².